The predicted octanol–water partition coefficient (Wildman–Crippen LogP) is 14.0. The van der Waals surface area contributed by atoms with E-state index in [1.807, 2.05) is 0 Å². The summed E-state index contributed by atoms with van der Waals surface area (Å²) in [7, 11) is 0. The Labute approximate surface area is 311 Å². The van der Waals surface area contributed by atoms with E-state index in [-0.39, 0.29) is 5.41 Å². The zero-order chi connectivity index (χ0) is 34.7. The average molecular weight is 680 g/mol. The summed E-state index contributed by atoms with van der Waals surface area (Å²) in [5.74, 6) is 3.33. The van der Waals surface area contributed by atoms with E-state index in [1.165, 1.54) is 104 Å². The fraction of sp³-hybridized carbons (Fsp3) is 0.192. The minimum atomic E-state index is 0.130. The maximum absolute atomic E-state index is 2.57. The molecule has 4 bridgehead atoms. The first-order chi connectivity index (χ1) is 26.2. The third-order valence-corrected chi connectivity index (χ3v) is 14.0. The van der Waals surface area contributed by atoms with Crippen molar-refractivity contribution in [3.8, 4) is 22.3 Å². The zero-order valence-electron chi connectivity index (χ0n) is 29.9. The first-order valence-electron chi connectivity index (χ1n) is 19.8. The fourth-order valence-electron chi connectivity index (χ4n) is 12.2. The monoisotopic (exact) mass is 679 g/mol. The zero-order valence-corrected chi connectivity index (χ0v) is 29.9. The Hall–Kier alpha value is -5.66. The Morgan fingerprint density at radius 1 is 0.415 bits per heavy atom. The normalized spacial score (nSPS) is 23.5. The molecule has 1 spiro atoms. The first-order valence-corrected chi connectivity index (χ1v) is 19.8. The van der Waals surface area contributed by atoms with Gasteiger partial charge in [-0.15, -0.1) is 0 Å². The molecule has 1 nitrogen and oxygen atoms in total. The molecule has 1 heteroatoms. The van der Waals surface area contributed by atoms with Crippen LogP contribution in [0.4, 0.5) is 17.1 Å². The van der Waals surface area contributed by atoms with E-state index in [0.717, 1.165) is 23.7 Å². The second-order valence-corrected chi connectivity index (χ2v) is 16.5. The van der Waals surface area contributed by atoms with Crippen LogP contribution < -0.4 is 4.90 Å². The molecule has 4 saturated carbocycles. The van der Waals surface area contributed by atoms with Gasteiger partial charge in [0.15, 0.2) is 0 Å². The van der Waals surface area contributed by atoms with Crippen molar-refractivity contribution >= 4 is 49.4 Å². The second kappa shape index (κ2) is 11.2. The number of nitrogens with zero attached hydrogens (tertiary/aromatic N) is 1. The molecule has 4 fully saturated rings. The lowest BCUT2D eigenvalue weighted by atomic mass is 9.43. The van der Waals surface area contributed by atoms with Crippen LogP contribution in [0, 0.1) is 23.7 Å². The number of anilines is 3. The molecule has 8 aromatic carbocycles. The molecule has 0 heterocycles. The van der Waals surface area contributed by atoms with Gasteiger partial charge in [0.1, 0.15) is 0 Å². The molecule has 0 N–H and O–H groups in total. The van der Waals surface area contributed by atoms with Crippen molar-refractivity contribution in [2.24, 2.45) is 23.7 Å². The topological polar surface area (TPSA) is 3.24 Å². The highest BCUT2D eigenvalue weighted by Gasteiger charge is 2.61. The maximum Gasteiger partial charge on any atom is 0.0543 e. The summed E-state index contributed by atoms with van der Waals surface area (Å²) in [4.78, 5) is 2.57. The lowest BCUT2D eigenvalue weighted by Crippen LogP contribution is -2.55. The van der Waals surface area contributed by atoms with Gasteiger partial charge >= 0.3 is 0 Å². The molecular formula is C52H41N. The quantitative estimate of drug-likeness (QED) is 0.167. The van der Waals surface area contributed by atoms with E-state index < -0.39 is 0 Å². The summed E-state index contributed by atoms with van der Waals surface area (Å²) in [5, 5.41) is 7.72. The highest BCUT2D eigenvalue weighted by Crippen LogP contribution is 2.70. The maximum atomic E-state index is 2.57. The standard InChI is InChI=1S/C52H41N/c1-3-12-43-37(10-1)19-20-39-32-38(23-26-44(39)43)35-21-24-42(25-22-35)53(49-17-7-11-36-9-2-4-13-45(36)49)50-18-8-16-48-51(50)46-14-5-6-15-47(46)52(48)40-28-33-27-34(30-40)31-41(52)29-33/h1-26,32-34,40-41H,27-31H2. The molecule has 5 aliphatic carbocycles. The van der Waals surface area contributed by atoms with Crippen molar-refractivity contribution in [2.75, 3.05) is 4.90 Å². The van der Waals surface area contributed by atoms with Gasteiger partial charge in [0.2, 0.25) is 0 Å². The minimum absolute atomic E-state index is 0.130. The van der Waals surface area contributed by atoms with Gasteiger partial charge in [-0.05, 0) is 141 Å². The Bertz CT molecular complexity index is 2720. The van der Waals surface area contributed by atoms with Gasteiger partial charge in [-0.3, -0.25) is 0 Å². The van der Waals surface area contributed by atoms with Crippen molar-refractivity contribution in [2.45, 2.75) is 37.5 Å². The second-order valence-electron chi connectivity index (χ2n) is 16.5. The minimum Gasteiger partial charge on any atom is -0.309 e. The van der Waals surface area contributed by atoms with E-state index in [1.54, 1.807) is 11.1 Å². The van der Waals surface area contributed by atoms with Crippen LogP contribution in [0.1, 0.15) is 43.2 Å². The van der Waals surface area contributed by atoms with E-state index in [0.29, 0.717) is 0 Å². The van der Waals surface area contributed by atoms with Crippen molar-refractivity contribution in [1.82, 2.24) is 0 Å². The molecule has 0 radical (unpaired) electrons. The van der Waals surface area contributed by atoms with Crippen LogP contribution in [0.2, 0.25) is 0 Å². The third kappa shape index (κ3) is 4.20. The number of rotatable bonds is 4. The lowest BCUT2D eigenvalue weighted by molar-refractivity contribution is -0.0399. The van der Waals surface area contributed by atoms with Crippen molar-refractivity contribution in [3.63, 3.8) is 0 Å². The Kier molecular flexibility index (Phi) is 6.30. The molecule has 0 saturated heterocycles. The Morgan fingerprint density at radius 2 is 1.00 bits per heavy atom. The predicted molar refractivity (Wildman–Crippen MR) is 222 cm³/mol. The molecule has 254 valence electrons. The van der Waals surface area contributed by atoms with Crippen LogP contribution in [0.25, 0.3) is 54.6 Å². The Morgan fingerprint density at radius 3 is 1.81 bits per heavy atom. The molecule has 0 aromatic heterocycles. The Balaban J connectivity index is 1.04. The van der Waals surface area contributed by atoms with Gasteiger partial charge in [0, 0.05) is 22.1 Å². The summed E-state index contributed by atoms with van der Waals surface area (Å²) in [6.07, 6.45) is 7.04. The third-order valence-electron chi connectivity index (χ3n) is 14.0. The lowest BCUT2D eigenvalue weighted by Gasteiger charge is -2.61. The highest BCUT2D eigenvalue weighted by atomic mass is 15.1. The molecule has 8 aromatic rings. The average Bonchev–Trinajstić information content (AvgIpc) is 3.51. The highest BCUT2D eigenvalue weighted by molar-refractivity contribution is 6.08. The van der Waals surface area contributed by atoms with Gasteiger partial charge in [-0.25, -0.2) is 0 Å². The molecule has 13 rings (SSSR count). The van der Waals surface area contributed by atoms with Crippen LogP contribution in [0.15, 0.2) is 164 Å². The number of fused-ring (bicyclic) bond motifs is 7. The van der Waals surface area contributed by atoms with Crippen molar-refractivity contribution < 1.29 is 0 Å². The molecular weight excluding hydrogens is 639 g/mol. The number of benzene rings is 8. The van der Waals surface area contributed by atoms with Gasteiger partial charge < -0.3 is 4.90 Å². The molecule has 0 amide bonds. The molecule has 0 aliphatic heterocycles. The van der Waals surface area contributed by atoms with E-state index in [4.69, 9.17) is 0 Å². The summed E-state index contributed by atoms with van der Waals surface area (Å²) in [6, 6.07) is 62.0. The van der Waals surface area contributed by atoms with Gasteiger partial charge in [-0.2, -0.15) is 0 Å². The largest absolute Gasteiger partial charge is 0.309 e. The number of hydrogen-bond acceptors (Lipinski definition) is 1. The first kappa shape index (κ1) is 29.9. The van der Waals surface area contributed by atoms with Gasteiger partial charge in [0.25, 0.3) is 0 Å². The van der Waals surface area contributed by atoms with Crippen molar-refractivity contribution in [3.05, 3.63) is 175 Å². The SMILES string of the molecule is c1ccc2c(c1)-c1c(N(c3ccc(-c4ccc5c(ccc6ccccc65)c4)cc3)c3cccc4ccccc34)cccc1C21C2CC3CC(C2)CC1C3. The van der Waals surface area contributed by atoms with E-state index in [9.17, 15) is 0 Å². The summed E-state index contributed by atoms with van der Waals surface area (Å²) < 4.78 is 0. The molecule has 0 atom stereocenters. The molecule has 53 heavy (non-hydrogen) atoms. The number of hydrogen-bond donors (Lipinski definition) is 0. The van der Waals surface area contributed by atoms with Crippen LogP contribution in [0.5, 0.6) is 0 Å². The summed E-state index contributed by atoms with van der Waals surface area (Å²) in [5.41, 5.74) is 12.4. The van der Waals surface area contributed by atoms with Crippen LogP contribution >= 0.6 is 0 Å². The molecule has 5 aliphatic rings. The van der Waals surface area contributed by atoms with Crippen LogP contribution in [0.3, 0.4) is 0 Å². The summed E-state index contributed by atoms with van der Waals surface area (Å²) >= 11 is 0. The smallest absolute Gasteiger partial charge is 0.0543 e. The fourth-order valence-corrected chi connectivity index (χ4v) is 12.2. The van der Waals surface area contributed by atoms with Crippen LogP contribution in [-0.2, 0) is 5.41 Å². The van der Waals surface area contributed by atoms with E-state index >= 15 is 0 Å². The molecule has 0 unspecified atom stereocenters. The van der Waals surface area contributed by atoms with Crippen molar-refractivity contribution in [1.29, 1.82) is 0 Å². The van der Waals surface area contributed by atoms with E-state index in [2.05, 4.69) is 169 Å². The van der Waals surface area contributed by atoms with Gasteiger partial charge in [-0.1, -0.05) is 133 Å². The van der Waals surface area contributed by atoms with Crippen LogP contribution in [-0.4, -0.2) is 0 Å². The summed E-state index contributed by atoms with van der Waals surface area (Å²) in [6.45, 7) is 0. The van der Waals surface area contributed by atoms with Gasteiger partial charge in [0.05, 0.1) is 11.4 Å².